The van der Waals surface area contributed by atoms with E-state index in [1.807, 2.05) is 33.8 Å². The molecule has 0 rings (SSSR count). The van der Waals surface area contributed by atoms with Gasteiger partial charge in [0.25, 0.3) is 0 Å². The molecular weight excluding hydrogens is 258 g/mol. The second-order valence-corrected chi connectivity index (χ2v) is 5.05. The van der Waals surface area contributed by atoms with Gasteiger partial charge in [-0.1, -0.05) is 6.08 Å². The van der Waals surface area contributed by atoms with E-state index in [1.54, 1.807) is 6.08 Å². The summed E-state index contributed by atoms with van der Waals surface area (Å²) in [7, 11) is 0. The van der Waals surface area contributed by atoms with Gasteiger partial charge in [0, 0.05) is 18.8 Å². The van der Waals surface area contributed by atoms with Gasteiger partial charge in [0.05, 0.1) is 12.3 Å². The molecular formula is C14H25N3O3. The minimum Gasteiger partial charge on any atom is -0.444 e. The number of allylic oxidation sites excluding steroid dienone is 2. The fourth-order valence-corrected chi connectivity index (χ4v) is 1.24. The van der Waals surface area contributed by atoms with Gasteiger partial charge in [-0.2, -0.15) is 0 Å². The predicted molar refractivity (Wildman–Crippen MR) is 80.7 cm³/mol. The molecule has 0 aromatic heterocycles. The van der Waals surface area contributed by atoms with Crippen LogP contribution in [0.2, 0.25) is 0 Å². The molecule has 0 saturated carbocycles. The summed E-state index contributed by atoms with van der Waals surface area (Å²) in [5.74, 6) is 0. The van der Waals surface area contributed by atoms with E-state index < -0.39 is 11.7 Å². The monoisotopic (exact) mass is 283 g/mol. The zero-order valence-electron chi connectivity index (χ0n) is 12.7. The van der Waals surface area contributed by atoms with Crippen molar-refractivity contribution in [1.82, 2.24) is 10.6 Å². The molecule has 0 aliphatic carbocycles. The number of aliphatic hydroxyl groups is 1. The number of hydrogen-bond acceptors (Lipinski definition) is 5. The van der Waals surface area contributed by atoms with Crippen molar-refractivity contribution < 1.29 is 14.6 Å². The Balaban J connectivity index is 4.08. The highest BCUT2D eigenvalue weighted by Crippen LogP contribution is 2.06. The average Bonchev–Trinajstić information content (AvgIpc) is 2.36. The third-order valence-corrected chi connectivity index (χ3v) is 2.12. The summed E-state index contributed by atoms with van der Waals surface area (Å²) < 4.78 is 5.11. The first-order chi connectivity index (χ1) is 9.32. The largest absolute Gasteiger partial charge is 0.444 e. The van der Waals surface area contributed by atoms with Gasteiger partial charge in [-0.15, -0.1) is 0 Å². The van der Waals surface area contributed by atoms with Crippen LogP contribution < -0.4 is 10.6 Å². The Bertz CT molecular complexity index is 382. The maximum atomic E-state index is 11.4. The first-order valence-electron chi connectivity index (χ1n) is 6.47. The predicted octanol–water partition coefficient (Wildman–Crippen LogP) is 1.58. The van der Waals surface area contributed by atoms with Crippen LogP contribution in [-0.4, -0.2) is 43.2 Å². The summed E-state index contributed by atoms with van der Waals surface area (Å²) in [6.07, 6.45) is 3.09. The molecule has 0 saturated heterocycles. The highest BCUT2D eigenvalue weighted by atomic mass is 16.6. The van der Waals surface area contributed by atoms with Gasteiger partial charge in [0.15, 0.2) is 0 Å². The van der Waals surface area contributed by atoms with Gasteiger partial charge in [-0.05, 0) is 40.5 Å². The van der Waals surface area contributed by atoms with E-state index in [1.165, 1.54) is 0 Å². The Labute approximate surface area is 120 Å². The quantitative estimate of drug-likeness (QED) is 0.376. The lowest BCUT2D eigenvalue weighted by molar-refractivity contribution is 0.0528. The summed E-state index contributed by atoms with van der Waals surface area (Å²) in [6, 6.07) is 0. The van der Waals surface area contributed by atoms with Crippen LogP contribution >= 0.6 is 0 Å². The van der Waals surface area contributed by atoms with Crippen LogP contribution in [-0.2, 0) is 4.74 Å². The second kappa shape index (κ2) is 9.14. The van der Waals surface area contributed by atoms with Gasteiger partial charge in [0.2, 0.25) is 0 Å². The van der Waals surface area contributed by atoms with Gasteiger partial charge in [-0.25, -0.2) is 4.79 Å². The number of nitrogens with one attached hydrogen (secondary N) is 2. The lowest BCUT2D eigenvalue weighted by atomic mass is 10.2. The van der Waals surface area contributed by atoms with E-state index >= 15 is 0 Å². The number of aliphatic hydroxyl groups excluding tert-OH is 1. The highest BCUT2D eigenvalue weighted by molar-refractivity contribution is 5.67. The number of hydrogen-bond donors (Lipinski definition) is 3. The summed E-state index contributed by atoms with van der Waals surface area (Å²) in [4.78, 5) is 15.1. The molecule has 0 unspecified atom stereocenters. The third-order valence-electron chi connectivity index (χ3n) is 2.12. The molecule has 0 aliphatic heterocycles. The van der Waals surface area contributed by atoms with Gasteiger partial charge in [0.1, 0.15) is 5.60 Å². The molecule has 0 atom stereocenters. The van der Waals surface area contributed by atoms with Crippen molar-refractivity contribution in [2.24, 2.45) is 4.99 Å². The molecule has 1 amide bonds. The summed E-state index contributed by atoms with van der Waals surface area (Å²) in [5.41, 5.74) is 0.776. The molecule has 6 nitrogen and oxygen atoms in total. The van der Waals surface area contributed by atoms with Gasteiger partial charge >= 0.3 is 6.09 Å². The number of nitrogens with zero attached hydrogens (tertiary/aromatic N) is 1. The maximum Gasteiger partial charge on any atom is 0.407 e. The topological polar surface area (TPSA) is 83.0 Å². The molecule has 114 valence electrons. The standard InChI is InChI=1S/C14H25N3O3/c1-6-11(9-12(10-18)15-5)16-7-8-17-13(19)20-14(2,3)4/h6,9,16,18H,5,7-8,10H2,1-4H3,(H,17,19)/b11-6+,12-9-. The molecule has 20 heavy (non-hydrogen) atoms. The first kappa shape index (κ1) is 18.2. The number of amides is 1. The minimum atomic E-state index is -0.500. The Kier molecular flexibility index (Phi) is 8.31. The van der Waals surface area contributed by atoms with Crippen molar-refractivity contribution in [3.8, 4) is 0 Å². The molecule has 3 N–H and O–H groups in total. The Morgan fingerprint density at radius 1 is 1.35 bits per heavy atom. The smallest absolute Gasteiger partial charge is 0.407 e. The summed E-state index contributed by atoms with van der Waals surface area (Å²) in [6.45, 7) is 11.5. The number of carbonyl (C=O) groups excluding carboxylic acids is 1. The average molecular weight is 283 g/mol. The van der Waals surface area contributed by atoms with Crippen LogP contribution in [0.1, 0.15) is 27.7 Å². The zero-order chi connectivity index (χ0) is 15.6. The van der Waals surface area contributed by atoms with Crippen LogP contribution in [0.4, 0.5) is 4.79 Å². The summed E-state index contributed by atoms with van der Waals surface area (Å²) in [5, 5.41) is 14.7. The minimum absolute atomic E-state index is 0.168. The highest BCUT2D eigenvalue weighted by Gasteiger charge is 2.15. The molecule has 0 aromatic rings. The van der Waals surface area contributed by atoms with Crippen molar-refractivity contribution in [1.29, 1.82) is 0 Å². The first-order valence-corrected chi connectivity index (χ1v) is 6.47. The van der Waals surface area contributed by atoms with E-state index in [2.05, 4.69) is 22.3 Å². The molecule has 0 spiro atoms. The number of alkyl carbamates (subject to hydrolysis) is 1. The molecule has 0 bridgehead atoms. The fourth-order valence-electron chi connectivity index (χ4n) is 1.24. The number of rotatable bonds is 7. The SMILES string of the molecule is C=N/C(=C\C(=C/C)NCCNC(=O)OC(C)(C)C)CO. The Hall–Kier alpha value is -1.82. The van der Waals surface area contributed by atoms with Gasteiger partial charge < -0.3 is 20.5 Å². The Morgan fingerprint density at radius 3 is 2.40 bits per heavy atom. The number of ether oxygens (including phenoxy) is 1. The molecule has 6 heteroatoms. The van der Waals surface area contributed by atoms with E-state index in [0.717, 1.165) is 5.70 Å². The van der Waals surface area contributed by atoms with Crippen molar-refractivity contribution in [2.45, 2.75) is 33.3 Å². The number of carbonyl (C=O) groups is 1. The molecule has 0 aromatic carbocycles. The third kappa shape index (κ3) is 9.16. The van der Waals surface area contributed by atoms with Crippen molar-refractivity contribution in [3.63, 3.8) is 0 Å². The van der Waals surface area contributed by atoms with E-state index in [0.29, 0.717) is 18.8 Å². The molecule has 0 radical (unpaired) electrons. The lowest BCUT2D eigenvalue weighted by Crippen LogP contribution is -2.36. The van der Waals surface area contributed by atoms with Crippen LogP contribution in [0, 0.1) is 0 Å². The van der Waals surface area contributed by atoms with Crippen molar-refractivity contribution >= 4 is 12.8 Å². The van der Waals surface area contributed by atoms with E-state index in [9.17, 15) is 4.79 Å². The summed E-state index contributed by atoms with van der Waals surface area (Å²) >= 11 is 0. The lowest BCUT2D eigenvalue weighted by Gasteiger charge is -2.19. The van der Waals surface area contributed by atoms with Crippen LogP contribution in [0.5, 0.6) is 0 Å². The molecule has 0 aliphatic rings. The van der Waals surface area contributed by atoms with Crippen molar-refractivity contribution in [3.05, 3.63) is 23.5 Å². The van der Waals surface area contributed by atoms with Crippen LogP contribution in [0.25, 0.3) is 0 Å². The fraction of sp³-hybridized carbons (Fsp3) is 0.571. The van der Waals surface area contributed by atoms with Crippen LogP contribution in [0.15, 0.2) is 28.5 Å². The Morgan fingerprint density at radius 2 is 1.95 bits per heavy atom. The maximum absolute atomic E-state index is 11.4. The van der Waals surface area contributed by atoms with Gasteiger partial charge in [-0.3, -0.25) is 4.99 Å². The van der Waals surface area contributed by atoms with Crippen LogP contribution in [0.3, 0.4) is 0 Å². The zero-order valence-corrected chi connectivity index (χ0v) is 12.7. The number of aliphatic imine (C=N–C) groups is 1. The molecule has 0 fully saturated rings. The second-order valence-electron chi connectivity index (χ2n) is 5.05. The van der Waals surface area contributed by atoms with Crippen molar-refractivity contribution in [2.75, 3.05) is 19.7 Å². The molecule has 0 heterocycles. The normalized spacial score (nSPS) is 12.8. The van der Waals surface area contributed by atoms with E-state index in [-0.39, 0.29) is 6.61 Å². The van der Waals surface area contributed by atoms with E-state index in [4.69, 9.17) is 9.84 Å².